The van der Waals surface area contributed by atoms with Crippen LogP contribution in [0.3, 0.4) is 0 Å². The number of unbranched alkanes of at least 4 members (excludes halogenated alkanes) is 1. The van der Waals surface area contributed by atoms with Gasteiger partial charge in [-0.15, -0.1) is 0 Å². The van der Waals surface area contributed by atoms with E-state index in [1.54, 1.807) is 0 Å². The monoisotopic (exact) mass is 527 g/mol. The lowest BCUT2D eigenvalue weighted by Gasteiger charge is -2.16. The molecule has 0 amide bonds. The van der Waals surface area contributed by atoms with Crippen LogP contribution < -0.4 is 0 Å². The van der Waals surface area contributed by atoms with Gasteiger partial charge in [0.15, 0.2) is 0 Å². The minimum absolute atomic E-state index is 0.225. The number of aromatic nitrogens is 1. The molecular weight excluding hydrogens is 490 g/mol. The number of hydrogen-bond acceptors (Lipinski definition) is 2. The maximum absolute atomic E-state index is 14.0. The number of rotatable bonds is 12. The summed E-state index contributed by atoms with van der Waals surface area (Å²) in [4.78, 5) is 14.0. The fraction of sp³-hybridized carbons (Fsp3) is 0.216. The summed E-state index contributed by atoms with van der Waals surface area (Å²) in [5.41, 5.74) is 8.61. The molecule has 0 aliphatic heterocycles. The summed E-state index contributed by atoms with van der Waals surface area (Å²) in [5, 5.41) is 0. The summed E-state index contributed by atoms with van der Waals surface area (Å²) < 4.78 is 8.33. The van der Waals surface area contributed by atoms with E-state index in [0.717, 1.165) is 54.6 Å². The van der Waals surface area contributed by atoms with Gasteiger partial charge in [0, 0.05) is 29.9 Å². The Bertz CT molecular complexity index is 1490. The van der Waals surface area contributed by atoms with Crippen LogP contribution in [0.25, 0.3) is 11.1 Å². The predicted octanol–water partition coefficient (Wildman–Crippen LogP) is 8.54. The molecule has 0 N–H and O–H groups in total. The van der Waals surface area contributed by atoms with Gasteiger partial charge >= 0.3 is 5.97 Å². The molecule has 5 rings (SSSR count). The number of carbonyl (C=O) groups is 1. The fourth-order valence-electron chi connectivity index (χ4n) is 5.34. The fourth-order valence-corrected chi connectivity index (χ4v) is 5.34. The number of carbonyl (C=O) groups excluding carboxylic acids is 1. The smallest absolute Gasteiger partial charge is 0.340 e. The Hall–Kier alpha value is -4.37. The Morgan fingerprint density at radius 1 is 0.650 bits per heavy atom. The first-order chi connectivity index (χ1) is 19.7. The molecule has 3 nitrogen and oxygen atoms in total. The molecule has 0 radical (unpaired) electrons. The number of aryl methyl sites for hydroxylation is 1. The van der Waals surface area contributed by atoms with Crippen LogP contribution in [0.2, 0.25) is 0 Å². The molecule has 0 unspecified atom stereocenters. The number of hydrogen-bond donors (Lipinski definition) is 0. The van der Waals surface area contributed by atoms with Crippen LogP contribution in [-0.2, 0) is 30.5 Å². The zero-order chi connectivity index (χ0) is 27.6. The van der Waals surface area contributed by atoms with Crippen LogP contribution in [0.1, 0.15) is 58.2 Å². The van der Waals surface area contributed by atoms with E-state index in [1.165, 1.54) is 16.7 Å². The minimum Gasteiger partial charge on any atom is -0.462 e. The van der Waals surface area contributed by atoms with Gasteiger partial charge in [-0.1, -0.05) is 135 Å². The topological polar surface area (TPSA) is 31.2 Å². The van der Waals surface area contributed by atoms with Crippen molar-refractivity contribution in [2.45, 2.75) is 45.6 Å². The van der Waals surface area contributed by atoms with E-state index >= 15 is 0 Å². The molecule has 0 saturated carbocycles. The van der Waals surface area contributed by atoms with Gasteiger partial charge in [-0.05, 0) is 41.5 Å². The molecule has 0 atom stereocenters. The van der Waals surface area contributed by atoms with E-state index < -0.39 is 0 Å². The second-order valence-corrected chi connectivity index (χ2v) is 10.2. The van der Waals surface area contributed by atoms with Gasteiger partial charge in [0.05, 0.1) is 12.2 Å². The molecule has 0 spiro atoms. The van der Waals surface area contributed by atoms with Gasteiger partial charge in [0.25, 0.3) is 0 Å². The molecule has 4 aromatic carbocycles. The van der Waals surface area contributed by atoms with E-state index in [2.05, 4.69) is 96.4 Å². The number of benzene rings is 4. The second-order valence-electron chi connectivity index (χ2n) is 10.2. The largest absolute Gasteiger partial charge is 0.462 e. The normalized spacial score (nSPS) is 10.9. The molecule has 1 aromatic heterocycles. The van der Waals surface area contributed by atoms with Crippen LogP contribution in [0, 0.1) is 0 Å². The van der Waals surface area contributed by atoms with Crippen LogP contribution in [0.4, 0.5) is 0 Å². The van der Waals surface area contributed by atoms with Crippen molar-refractivity contribution in [3.63, 3.8) is 0 Å². The Morgan fingerprint density at radius 2 is 1.20 bits per heavy atom. The van der Waals surface area contributed by atoms with Crippen molar-refractivity contribution in [2.75, 3.05) is 6.61 Å². The Balaban J connectivity index is 1.72. The summed E-state index contributed by atoms with van der Waals surface area (Å²) in [6, 6.07) is 41.9. The molecule has 40 heavy (non-hydrogen) atoms. The molecule has 0 aliphatic carbocycles. The van der Waals surface area contributed by atoms with Gasteiger partial charge in [0.2, 0.25) is 0 Å². The summed E-state index contributed by atoms with van der Waals surface area (Å²) in [7, 11) is 0. The quantitative estimate of drug-likeness (QED) is 0.120. The molecule has 5 aromatic rings. The van der Waals surface area contributed by atoms with Crippen LogP contribution in [0.5, 0.6) is 0 Å². The first-order valence-corrected chi connectivity index (χ1v) is 14.3. The zero-order valence-electron chi connectivity index (χ0n) is 23.3. The molecule has 0 bridgehead atoms. The average Bonchev–Trinajstić information content (AvgIpc) is 3.30. The first-order valence-electron chi connectivity index (χ1n) is 14.3. The average molecular weight is 528 g/mol. The van der Waals surface area contributed by atoms with Gasteiger partial charge in [-0.25, -0.2) is 4.79 Å². The Morgan fingerprint density at radius 3 is 1.80 bits per heavy atom. The van der Waals surface area contributed by atoms with Crippen molar-refractivity contribution in [2.24, 2.45) is 0 Å². The van der Waals surface area contributed by atoms with E-state index in [0.29, 0.717) is 18.7 Å². The van der Waals surface area contributed by atoms with Crippen LogP contribution in [-0.4, -0.2) is 17.1 Å². The van der Waals surface area contributed by atoms with Crippen molar-refractivity contribution < 1.29 is 9.53 Å². The first kappa shape index (κ1) is 27.2. The number of nitrogens with zero attached hydrogens (tertiary/aromatic N) is 1. The van der Waals surface area contributed by atoms with E-state index in [9.17, 15) is 4.79 Å². The SMILES string of the molecule is CCCCOC(=O)c1c(-c2ccccc2)c(Cc2ccccc2)n(Cc2ccccc2)c1CCc1ccccc1. The van der Waals surface area contributed by atoms with E-state index in [-0.39, 0.29) is 5.97 Å². The van der Waals surface area contributed by atoms with Crippen LogP contribution >= 0.6 is 0 Å². The number of esters is 1. The van der Waals surface area contributed by atoms with Crippen molar-refractivity contribution in [3.05, 3.63) is 155 Å². The van der Waals surface area contributed by atoms with E-state index in [1.807, 2.05) is 36.4 Å². The van der Waals surface area contributed by atoms with Gasteiger partial charge < -0.3 is 9.30 Å². The maximum Gasteiger partial charge on any atom is 0.340 e. The molecular formula is C37H37NO2. The molecule has 1 heterocycles. The third-order valence-electron chi connectivity index (χ3n) is 7.37. The Kier molecular flexibility index (Phi) is 9.26. The lowest BCUT2D eigenvalue weighted by molar-refractivity contribution is 0.0499. The highest BCUT2D eigenvalue weighted by Crippen LogP contribution is 2.36. The highest BCUT2D eigenvalue weighted by atomic mass is 16.5. The lowest BCUT2D eigenvalue weighted by atomic mass is 9.96. The van der Waals surface area contributed by atoms with E-state index in [4.69, 9.17) is 4.74 Å². The number of ether oxygens (including phenoxy) is 1. The van der Waals surface area contributed by atoms with Crippen LogP contribution in [0.15, 0.2) is 121 Å². The zero-order valence-corrected chi connectivity index (χ0v) is 23.3. The summed E-state index contributed by atoms with van der Waals surface area (Å²) in [5.74, 6) is -0.225. The molecule has 0 saturated heterocycles. The van der Waals surface area contributed by atoms with Crippen molar-refractivity contribution in [1.82, 2.24) is 4.57 Å². The lowest BCUT2D eigenvalue weighted by Crippen LogP contribution is -2.13. The molecule has 3 heteroatoms. The van der Waals surface area contributed by atoms with Gasteiger partial charge in [-0.2, -0.15) is 0 Å². The highest BCUT2D eigenvalue weighted by molar-refractivity contribution is 6.00. The van der Waals surface area contributed by atoms with Gasteiger partial charge in [0.1, 0.15) is 0 Å². The van der Waals surface area contributed by atoms with Crippen molar-refractivity contribution in [3.8, 4) is 11.1 Å². The molecule has 202 valence electrons. The maximum atomic E-state index is 14.0. The highest BCUT2D eigenvalue weighted by Gasteiger charge is 2.29. The standard InChI is InChI=1S/C37H37NO2/c1-2-3-26-40-37(39)36-33(25-24-29-16-8-4-9-17-29)38(28-31-20-12-6-13-21-31)34(27-30-18-10-5-11-19-30)35(36)32-22-14-7-15-23-32/h4-23H,2-3,24-28H2,1H3. The van der Waals surface area contributed by atoms with Crippen molar-refractivity contribution in [1.29, 1.82) is 0 Å². The molecule has 0 fully saturated rings. The summed E-state index contributed by atoms with van der Waals surface area (Å²) in [6.07, 6.45) is 4.14. The predicted molar refractivity (Wildman–Crippen MR) is 164 cm³/mol. The second kappa shape index (κ2) is 13.6. The minimum atomic E-state index is -0.225. The summed E-state index contributed by atoms with van der Waals surface area (Å²) >= 11 is 0. The van der Waals surface area contributed by atoms with Gasteiger partial charge in [-0.3, -0.25) is 0 Å². The summed E-state index contributed by atoms with van der Waals surface area (Å²) in [6.45, 7) is 3.23. The third-order valence-corrected chi connectivity index (χ3v) is 7.37. The molecule has 0 aliphatic rings. The Labute approximate surface area is 238 Å². The van der Waals surface area contributed by atoms with Crippen molar-refractivity contribution >= 4 is 5.97 Å². The third kappa shape index (κ3) is 6.60.